The molecule has 0 bridgehead atoms. The monoisotopic (exact) mass is 184 g/mol. The van der Waals surface area contributed by atoms with Crippen LogP contribution in [-0.2, 0) is 9.47 Å². The van der Waals surface area contributed by atoms with Gasteiger partial charge in [0.2, 0.25) is 0 Å². The first-order chi connectivity index (χ1) is 6.23. The highest BCUT2D eigenvalue weighted by Gasteiger charge is 2.32. The van der Waals surface area contributed by atoms with Crippen molar-refractivity contribution in [3.05, 3.63) is 0 Å². The Bertz CT molecular complexity index is 196. The molecule has 4 heteroatoms. The van der Waals surface area contributed by atoms with Crippen LogP contribution < -0.4 is 0 Å². The number of rotatable bonds is 3. The van der Waals surface area contributed by atoms with Crippen molar-refractivity contribution < 1.29 is 9.47 Å². The van der Waals surface area contributed by atoms with Gasteiger partial charge in [-0.25, -0.2) is 0 Å². The van der Waals surface area contributed by atoms with E-state index in [1.54, 1.807) is 7.11 Å². The molecule has 1 rings (SSSR count). The van der Waals surface area contributed by atoms with Gasteiger partial charge in [0, 0.05) is 20.2 Å². The van der Waals surface area contributed by atoms with Crippen molar-refractivity contribution in [1.82, 2.24) is 4.90 Å². The van der Waals surface area contributed by atoms with E-state index in [4.69, 9.17) is 14.7 Å². The molecule has 1 unspecified atom stereocenters. The van der Waals surface area contributed by atoms with Crippen molar-refractivity contribution in [2.75, 3.05) is 40.0 Å². The molecule has 0 aliphatic carbocycles. The minimum Gasteiger partial charge on any atom is -0.382 e. The van der Waals surface area contributed by atoms with E-state index in [1.165, 1.54) is 0 Å². The van der Waals surface area contributed by atoms with Gasteiger partial charge in [0.25, 0.3) is 0 Å². The Morgan fingerprint density at radius 2 is 2.15 bits per heavy atom. The fourth-order valence-corrected chi connectivity index (χ4v) is 1.53. The van der Waals surface area contributed by atoms with Crippen LogP contribution >= 0.6 is 0 Å². The zero-order valence-corrected chi connectivity index (χ0v) is 8.25. The molecule has 4 nitrogen and oxygen atoms in total. The third-order valence-corrected chi connectivity index (χ3v) is 2.38. The van der Waals surface area contributed by atoms with Crippen molar-refractivity contribution in [2.24, 2.45) is 0 Å². The second-order valence-corrected chi connectivity index (χ2v) is 3.42. The Labute approximate surface area is 79.0 Å². The van der Waals surface area contributed by atoms with Crippen LogP contribution in [0.3, 0.4) is 0 Å². The molecule has 0 aromatic rings. The third-order valence-electron chi connectivity index (χ3n) is 2.38. The molecular weight excluding hydrogens is 168 g/mol. The average molecular weight is 184 g/mol. The Morgan fingerprint density at radius 1 is 1.54 bits per heavy atom. The van der Waals surface area contributed by atoms with Crippen LogP contribution in [0.2, 0.25) is 0 Å². The van der Waals surface area contributed by atoms with Crippen LogP contribution in [0.25, 0.3) is 0 Å². The van der Waals surface area contributed by atoms with Gasteiger partial charge in [-0.1, -0.05) is 0 Å². The van der Waals surface area contributed by atoms with Crippen molar-refractivity contribution in [3.63, 3.8) is 0 Å². The zero-order chi connectivity index (χ0) is 9.73. The smallest absolute Gasteiger partial charge is 0.130 e. The van der Waals surface area contributed by atoms with Crippen molar-refractivity contribution in [2.45, 2.75) is 12.5 Å². The number of ether oxygens (including phenoxy) is 2. The summed E-state index contributed by atoms with van der Waals surface area (Å²) in [6.45, 7) is 5.40. The van der Waals surface area contributed by atoms with Gasteiger partial charge in [0.15, 0.2) is 0 Å². The molecular formula is C9H16N2O2. The van der Waals surface area contributed by atoms with Crippen LogP contribution in [0.4, 0.5) is 0 Å². The van der Waals surface area contributed by atoms with Gasteiger partial charge >= 0.3 is 0 Å². The fourth-order valence-electron chi connectivity index (χ4n) is 1.53. The van der Waals surface area contributed by atoms with Gasteiger partial charge in [0.1, 0.15) is 5.54 Å². The molecule has 0 aromatic carbocycles. The lowest BCUT2D eigenvalue weighted by Crippen LogP contribution is -2.53. The van der Waals surface area contributed by atoms with E-state index >= 15 is 0 Å². The lowest BCUT2D eigenvalue weighted by atomic mass is 10.0. The molecule has 0 radical (unpaired) electrons. The molecule has 1 aliphatic rings. The van der Waals surface area contributed by atoms with Gasteiger partial charge in [0.05, 0.1) is 25.9 Å². The lowest BCUT2D eigenvalue weighted by molar-refractivity contribution is -0.0221. The third kappa shape index (κ3) is 2.41. The van der Waals surface area contributed by atoms with Gasteiger partial charge in [-0.2, -0.15) is 5.26 Å². The number of methoxy groups -OCH3 is 1. The summed E-state index contributed by atoms with van der Waals surface area (Å²) >= 11 is 0. The minimum absolute atomic E-state index is 0.448. The minimum atomic E-state index is -0.501. The van der Waals surface area contributed by atoms with Gasteiger partial charge in [-0.05, 0) is 6.92 Å². The molecule has 1 aliphatic heterocycles. The average Bonchev–Trinajstić information content (AvgIpc) is 2.19. The van der Waals surface area contributed by atoms with Crippen LogP contribution in [0, 0.1) is 11.3 Å². The van der Waals surface area contributed by atoms with Crippen LogP contribution in [0.5, 0.6) is 0 Å². The summed E-state index contributed by atoms with van der Waals surface area (Å²) in [5.41, 5.74) is -0.501. The molecule has 0 saturated carbocycles. The summed E-state index contributed by atoms with van der Waals surface area (Å²) in [5, 5.41) is 9.06. The molecule has 13 heavy (non-hydrogen) atoms. The summed E-state index contributed by atoms with van der Waals surface area (Å²) in [5.74, 6) is 0. The van der Waals surface area contributed by atoms with E-state index in [0.717, 1.165) is 13.1 Å². The Hall–Kier alpha value is -0.630. The first-order valence-electron chi connectivity index (χ1n) is 4.46. The van der Waals surface area contributed by atoms with Gasteiger partial charge in [-0.3, -0.25) is 4.90 Å². The summed E-state index contributed by atoms with van der Waals surface area (Å²) in [4.78, 5) is 2.11. The SMILES string of the molecule is COCC(C)(C#N)N1CCOCC1. The van der Waals surface area contributed by atoms with E-state index < -0.39 is 5.54 Å². The summed E-state index contributed by atoms with van der Waals surface area (Å²) < 4.78 is 10.3. The highest BCUT2D eigenvalue weighted by atomic mass is 16.5. The summed E-state index contributed by atoms with van der Waals surface area (Å²) in [6.07, 6.45) is 0. The highest BCUT2D eigenvalue weighted by Crippen LogP contribution is 2.15. The summed E-state index contributed by atoms with van der Waals surface area (Å²) in [7, 11) is 1.62. The van der Waals surface area contributed by atoms with Crippen LogP contribution in [0.15, 0.2) is 0 Å². The molecule has 1 saturated heterocycles. The Kier molecular flexibility index (Phi) is 3.67. The maximum atomic E-state index is 9.06. The van der Waals surface area contributed by atoms with E-state index in [1.807, 2.05) is 6.92 Å². The Morgan fingerprint density at radius 3 is 2.62 bits per heavy atom. The molecule has 1 heterocycles. The standard InChI is InChI=1S/C9H16N2O2/c1-9(7-10,8-12-2)11-3-5-13-6-4-11/h3-6,8H2,1-2H3. The fraction of sp³-hybridized carbons (Fsp3) is 0.889. The molecule has 0 aromatic heterocycles. The van der Waals surface area contributed by atoms with E-state index in [9.17, 15) is 0 Å². The molecule has 0 N–H and O–H groups in total. The second kappa shape index (κ2) is 4.56. The summed E-state index contributed by atoms with van der Waals surface area (Å²) in [6, 6.07) is 2.29. The normalized spacial score (nSPS) is 23.5. The first kappa shape index (κ1) is 10.5. The predicted molar refractivity (Wildman–Crippen MR) is 48.3 cm³/mol. The zero-order valence-electron chi connectivity index (χ0n) is 8.25. The van der Waals surface area contributed by atoms with E-state index in [0.29, 0.717) is 19.8 Å². The van der Waals surface area contributed by atoms with E-state index in [-0.39, 0.29) is 0 Å². The molecule has 74 valence electrons. The van der Waals surface area contributed by atoms with Crippen molar-refractivity contribution in [1.29, 1.82) is 5.26 Å². The highest BCUT2D eigenvalue weighted by molar-refractivity contribution is 5.05. The van der Waals surface area contributed by atoms with Crippen LogP contribution in [0.1, 0.15) is 6.92 Å². The maximum absolute atomic E-state index is 9.06. The van der Waals surface area contributed by atoms with E-state index in [2.05, 4.69) is 11.0 Å². The molecule has 0 amide bonds. The second-order valence-electron chi connectivity index (χ2n) is 3.42. The van der Waals surface area contributed by atoms with Crippen molar-refractivity contribution in [3.8, 4) is 6.07 Å². The largest absolute Gasteiger partial charge is 0.382 e. The maximum Gasteiger partial charge on any atom is 0.130 e. The first-order valence-corrected chi connectivity index (χ1v) is 4.46. The number of nitriles is 1. The molecule has 1 atom stereocenters. The molecule has 0 spiro atoms. The van der Waals surface area contributed by atoms with Crippen molar-refractivity contribution >= 4 is 0 Å². The number of nitrogens with zero attached hydrogens (tertiary/aromatic N) is 2. The number of hydrogen-bond donors (Lipinski definition) is 0. The topological polar surface area (TPSA) is 45.5 Å². The quantitative estimate of drug-likeness (QED) is 0.630. The van der Waals surface area contributed by atoms with Gasteiger partial charge in [-0.15, -0.1) is 0 Å². The number of morpholine rings is 1. The number of hydrogen-bond acceptors (Lipinski definition) is 4. The lowest BCUT2D eigenvalue weighted by Gasteiger charge is -2.37. The predicted octanol–water partition coefficient (Wildman–Crippen LogP) is 0.247. The Balaban J connectivity index is 2.58. The van der Waals surface area contributed by atoms with Crippen LogP contribution in [-0.4, -0.2) is 50.5 Å². The molecule has 1 fully saturated rings. The van der Waals surface area contributed by atoms with Gasteiger partial charge < -0.3 is 9.47 Å².